The van der Waals surface area contributed by atoms with Crippen LogP contribution in [0.3, 0.4) is 0 Å². The van der Waals surface area contributed by atoms with Crippen LogP contribution in [0, 0.1) is 5.82 Å². The fourth-order valence-corrected chi connectivity index (χ4v) is 1.42. The van der Waals surface area contributed by atoms with Crippen LogP contribution in [0.4, 0.5) is 4.39 Å². The summed E-state index contributed by atoms with van der Waals surface area (Å²) in [4.78, 5) is 11.5. The molecular formula is C13H19FN2O3. The van der Waals surface area contributed by atoms with Gasteiger partial charge in [-0.1, -0.05) is 0 Å². The van der Waals surface area contributed by atoms with Gasteiger partial charge in [-0.15, -0.1) is 0 Å². The van der Waals surface area contributed by atoms with E-state index >= 15 is 0 Å². The van der Waals surface area contributed by atoms with Crippen molar-refractivity contribution in [1.82, 2.24) is 5.32 Å². The Morgan fingerprint density at radius 1 is 1.42 bits per heavy atom. The molecule has 0 aliphatic heterocycles. The summed E-state index contributed by atoms with van der Waals surface area (Å²) in [6.45, 7) is 2.28. The van der Waals surface area contributed by atoms with Gasteiger partial charge in [-0.25, -0.2) is 4.39 Å². The van der Waals surface area contributed by atoms with E-state index in [1.54, 1.807) is 6.92 Å². The van der Waals surface area contributed by atoms with Crippen molar-refractivity contribution >= 4 is 5.91 Å². The average molecular weight is 270 g/mol. The molecule has 0 spiro atoms. The van der Waals surface area contributed by atoms with E-state index in [1.165, 1.54) is 31.4 Å². The Morgan fingerprint density at radius 2 is 2.05 bits per heavy atom. The molecule has 5 nitrogen and oxygen atoms in total. The second-order valence-corrected chi connectivity index (χ2v) is 4.19. The minimum atomic E-state index is -0.692. The van der Waals surface area contributed by atoms with Gasteiger partial charge in [0, 0.05) is 7.11 Å². The molecule has 6 heteroatoms. The van der Waals surface area contributed by atoms with Crippen LogP contribution in [0.25, 0.3) is 0 Å². The van der Waals surface area contributed by atoms with E-state index in [9.17, 15) is 9.18 Å². The van der Waals surface area contributed by atoms with Gasteiger partial charge in [0.25, 0.3) is 0 Å². The van der Waals surface area contributed by atoms with Gasteiger partial charge in [0.1, 0.15) is 23.7 Å². The van der Waals surface area contributed by atoms with Crippen LogP contribution < -0.4 is 15.8 Å². The number of nitrogens with one attached hydrogen (secondary N) is 1. The van der Waals surface area contributed by atoms with Crippen molar-refractivity contribution in [2.45, 2.75) is 19.1 Å². The Kier molecular flexibility index (Phi) is 6.24. The zero-order valence-electron chi connectivity index (χ0n) is 11.1. The highest BCUT2D eigenvalue weighted by molar-refractivity contribution is 5.81. The molecule has 0 radical (unpaired) electrons. The van der Waals surface area contributed by atoms with Gasteiger partial charge in [-0.2, -0.15) is 0 Å². The van der Waals surface area contributed by atoms with Crippen molar-refractivity contribution in [3.63, 3.8) is 0 Å². The second kappa shape index (κ2) is 7.70. The van der Waals surface area contributed by atoms with Crippen molar-refractivity contribution in [3.8, 4) is 5.75 Å². The molecular weight excluding hydrogens is 251 g/mol. The van der Waals surface area contributed by atoms with Gasteiger partial charge in [0.05, 0.1) is 13.2 Å². The van der Waals surface area contributed by atoms with E-state index in [2.05, 4.69) is 5.32 Å². The molecule has 2 unspecified atom stereocenters. The molecule has 3 N–H and O–H groups in total. The molecule has 19 heavy (non-hydrogen) atoms. The van der Waals surface area contributed by atoms with Crippen molar-refractivity contribution < 1.29 is 18.7 Å². The van der Waals surface area contributed by atoms with Gasteiger partial charge in [-0.3, -0.25) is 4.79 Å². The summed E-state index contributed by atoms with van der Waals surface area (Å²) in [6, 6.07) is 5.00. The number of carbonyl (C=O) groups is 1. The molecule has 0 saturated heterocycles. The minimum Gasteiger partial charge on any atom is -0.489 e. The lowest BCUT2D eigenvalue weighted by Gasteiger charge is -2.17. The number of amides is 1. The summed E-state index contributed by atoms with van der Waals surface area (Å²) in [5, 5.41) is 2.66. The second-order valence-electron chi connectivity index (χ2n) is 4.19. The Hall–Kier alpha value is -1.66. The predicted molar refractivity (Wildman–Crippen MR) is 69.4 cm³/mol. The summed E-state index contributed by atoms with van der Waals surface area (Å²) in [5.74, 6) is -0.0698. The number of hydrogen-bond acceptors (Lipinski definition) is 4. The van der Waals surface area contributed by atoms with Crippen LogP contribution in [-0.2, 0) is 9.53 Å². The molecule has 0 aliphatic carbocycles. The normalized spacial score (nSPS) is 13.7. The summed E-state index contributed by atoms with van der Waals surface area (Å²) < 4.78 is 23.0. The lowest BCUT2D eigenvalue weighted by Crippen LogP contribution is -2.46. The smallest absolute Gasteiger partial charge is 0.239 e. The molecule has 1 aromatic rings. The van der Waals surface area contributed by atoms with Crippen molar-refractivity contribution in [2.75, 3.05) is 20.3 Å². The SMILES string of the molecule is COCC(N)C(=O)NCC(C)Oc1ccc(F)cc1. The van der Waals surface area contributed by atoms with Crippen molar-refractivity contribution in [2.24, 2.45) is 5.73 Å². The number of methoxy groups -OCH3 is 1. The molecule has 1 aromatic carbocycles. The predicted octanol–water partition coefficient (Wildman–Crippen LogP) is 0.683. The highest BCUT2D eigenvalue weighted by Gasteiger charge is 2.14. The molecule has 2 atom stereocenters. The first-order valence-electron chi connectivity index (χ1n) is 5.97. The van der Waals surface area contributed by atoms with E-state index in [1.807, 2.05) is 0 Å². The third kappa shape index (κ3) is 5.67. The third-order valence-corrected chi connectivity index (χ3v) is 2.40. The fraction of sp³-hybridized carbons (Fsp3) is 0.462. The first kappa shape index (κ1) is 15.4. The van der Waals surface area contributed by atoms with E-state index < -0.39 is 6.04 Å². The van der Waals surface area contributed by atoms with Gasteiger partial charge < -0.3 is 20.5 Å². The van der Waals surface area contributed by atoms with Gasteiger partial charge >= 0.3 is 0 Å². The van der Waals surface area contributed by atoms with E-state index in [0.29, 0.717) is 12.3 Å². The van der Waals surface area contributed by atoms with E-state index in [4.69, 9.17) is 15.2 Å². The number of hydrogen-bond donors (Lipinski definition) is 2. The number of ether oxygens (including phenoxy) is 2. The maximum absolute atomic E-state index is 12.7. The van der Waals surface area contributed by atoms with Crippen LogP contribution >= 0.6 is 0 Å². The summed E-state index contributed by atoms with van der Waals surface area (Å²) in [5.41, 5.74) is 5.56. The standard InChI is InChI=1S/C13H19FN2O3/c1-9(7-16-13(17)12(15)8-18-2)19-11-5-3-10(14)4-6-11/h3-6,9,12H,7-8,15H2,1-2H3,(H,16,17). The van der Waals surface area contributed by atoms with Crippen LogP contribution in [0.15, 0.2) is 24.3 Å². The van der Waals surface area contributed by atoms with Crippen molar-refractivity contribution in [3.05, 3.63) is 30.1 Å². The highest BCUT2D eigenvalue weighted by Crippen LogP contribution is 2.12. The molecule has 1 rings (SSSR count). The van der Waals surface area contributed by atoms with Crippen LogP contribution in [-0.4, -0.2) is 38.3 Å². The number of rotatable bonds is 7. The molecule has 0 heterocycles. The molecule has 0 fully saturated rings. The lowest BCUT2D eigenvalue weighted by molar-refractivity contribution is -0.123. The van der Waals surface area contributed by atoms with Crippen LogP contribution in [0.2, 0.25) is 0 Å². The Balaban J connectivity index is 2.33. The minimum absolute atomic E-state index is 0.166. The van der Waals surface area contributed by atoms with Gasteiger partial charge in [0.2, 0.25) is 5.91 Å². The Labute approximate surface area is 111 Å². The number of nitrogens with two attached hydrogens (primary N) is 1. The molecule has 0 aliphatic rings. The van der Waals surface area contributed by atoms with Crippen LogP contribution in [0.5, 0.6) is 5.75 Å². The molecule has 0 aromatic heterocycles. The zero-order valence-corrected chi connectivity index (χ0v) is 11.1. The lowest BCUT2D eigenvalue weighted by atomic mass is 10.3. The largest absolute Gasteiger partial charge is 0.489 e. The summed E-state index contributed by atoms with van der Waals surface area (Å²) in [7, 11) is 1.48. The molecule has 106 valence electrons. The zero-order chi connectivity index (χ0) is 14.3. The average Bonchev–Trinajstić information content (AvgIpc) is 2.39. The highest BCUT2D eigenvalue weighted by atomic mass is 19.1. The van der Waals surface area contributed by atoms with Crippen LogP contribution in [0.1, 0.15) is 6.92 Å². The number of benzene rings is 1. The molecule has 0 saturated carbocycles. The molecule has 1 amide bonds. The Morgan fingerprint density at radius 3 is 2.63 bits per heavy atom. The first-order chi connectivity index (χ1) is 9.02. The quantitative estimate of drug-likeness (QED) is 0.764. The number of halogens is 1. The summed E-state index contributed by atoms with van der Waals surface area (Å²) in [6.07, 6.45) is -0.246. The maximum Gasteiger partial charge on any atom is 0.239 e. The van der Waals surface area contributed by atoms with E-state index in [0.717, 1.165) is 0 Å². The summed E-state index contributed by atoms with van der Waals surface area (Å²) >= 11 is 0. The molecule has 0 bridgehead atoms. The first-order valence-corrected chi connectivity index (χ1v) is 5.97. The van der Waals surface area contributed by atoms with Gasteiger partial charge in [-0.05, 0) is 31.2 Å². The third-order valence-electron chi connectivity index (χ3n) is 2.40. The Bertz CT molecular complexity index is 397. The maximum atomic E-state index is 12.7. The monoisotopic (exact) mass is 270 g/mol. The number of carbonyl (C=O) groups excluding carboxylic acids is 1. The van der Waals surface area contributed by atoms with E-state index in [-0.39, 0.29) is 24.4 Å². The van der Waals surface area contributed by atoms with Crippen molar-refractivity contribution in [1.29, 1.82) is 0 Å². The fourth-order valence-electron chi connectivity index (χ4n) is 1.42. The topological polar surface area (TPSA) is 73.6 Å². The van der Waals surface area contributed by atoms with Gasteiger partial charge in [0.15, 0.2) is 0 Å².